The van der Waals surface area contributed by atoms with E-state index in [0.29, 0.717) is 11.0 Å². The van der Waals surface area contributed by atoms with Crippen molar-refractivity contribution in [3.8, 4) is 0 Å². The number of hydrogen-bond donors (Lipinski definition) is 0. The lowest BCUT2D eigenvalue weighted by atomic mass is 10.2. The quantitative estimate of drug-likeness (QED) is 0.830. The van der Waals surface area contributed by atoms with Crippen molar-refractivity contribution in [2.75, 3.05) is 0 Å². The molecule has 2 rings (SSSR count). The minimum atomic E-state index is -0.291. The third-order valence-corrected chi connectivity index (χ3v) is 2.82. The summed E-state index contributed by atoms with van der Waals surface area (Å²) in [6, 6.07) is 9.68. The van der Waals surface area contributed by atoms with Crippen LogP contribution in [0.5, 0.6) is 0 Å². The van der Waals surface area contributed by atoms with Gasteiger partial charge in [0.25, 0.3) is 5.56 Å². The van der Waals surface area contributed by atoms with Crippen LogP contribution in [0.3, 0.4) is 0 Å². The molecule has 0 radical (unpaired) electrons. The predicted octanol–water partition coefficient (Wildman–Crippen LogP) is 2.80. The molecule has 0 amide bonds. The van der Waals surface area contributed by atoms with Gasteiger partial charge in [-0.3, -0.25) is 4.79 Å². The van der Waals surface area contributed by atoms with Crippen LogP contribution in [0.15, 0.2) is 51.9 Å². The first-order valence-corrected chi connectivity index (χ1v) is 5.55. The first-order chi connectivity index (χ1) is 7.66. The SMILES string of the molecule is O=c1c(Br)cccn1Cc1cccc(F)c1. The van der Waals surface area contributed by atoms with E-state index in [1.807, 2.05) is 0 Å². The summed E-state index contributed by atoms with van der Waals surface area (Å²) in [4.78, 5) is 11.7. The van der Waals surface area contributed by atoms with Crippen molar-refractivity contribution in [3.05, 3.63) is 68.8 Å². The summed E-state index contributed by atoms with van der Waals surface area (Å²) in [5.74, 6) is -0.291. The number of benzene rings is 1. The van der Waals surface area contributed by atoms with Crippen LogP contribution in [0.25, 0.3) is 0 Å². The second-order valence-corrected chi connectivity index (χ2v) is 4.27. The monoisotopic (exact) mass is 281 g/mol. The van der Waals surface area contributed by atoms with Crippen LogP contribution in [0.4, 0.5) is 4.39 Å². The number of pyridine rings is 1. The van der Waals surface area contributed by atoms with Crippen molar-refractivity contribution in [1.82, 2.24) is 4.57 Å². The Bertz CT molecular complexity index is 565. The molecule has 1 aromatic carbocycles. The Morgan fingerprint density at radius 2 is 2.06 bits per heavy atom. The molecular formula is C12H9BrFNO. The van der Waals surface area contributed by atoms with Crippen LogP contribution in [0.1, 0.15) is 5.56 Å². The lowest BCUT2D eigenvalue weighted by molar-refractivity contribution is 0.622. The van der Waals surface area contributed by atoms with Crippen molar-refractivity contribution >= 4 is 15.9 Å². The van der Waals surface area contributed by atoms with E-state index in [1.165, 1.54) is 16.7 Å². The first kappa shape index (κ1) is 11.1. The summed E-state index contributed by atoms with van der Waals surface area (Å²) < 4.78 is 15.0. The molecule has 2 aromatic rings. The summed E-state index contributed by atoms with van der Waals surface area (Å²) in [5, 5.41) is 0. The molecule has 0 aliphatic carbocycles. The van der Waals surface area contributed by atoms with Crippen molar-refractivity contribution in [1.29, 1.82) is 0 Å². The van der Waals surface area contributed by atoms with E-state index >= 15 is 0 Å². The van der Waals surface area contributed by atoms with Gasteiger partial charge in [-0.25, -0.2) is 4.39 Å². The Labute approximate surface area is 100 Å². The normalized spacial score (nSPS) is 10.4. The molecule has 0 spiro atoms. The standard InChI is InChI=1S/C12H9BrFNO/c13-11-5-2-6-15(12(11)16)8-9-3-1-4-10(14)7-9/h1-7H,8H2. The van der Waals surface area contributed by atoms with E-state index in [-0.39, 0.29) is 11.4 Å². The van der Waals surface area contributed by atoms with Gasteiger partial charge >= 0.3 is 0 Å². The van der Waals surface area contributed by atoms with E-state index in [2.05, 4.69) is 15.9 Å². The van der Waals surface area contributed by atoms with Crippen molar-refractivity contribution in [2.45, 2.75) is 6.54 Å². The fourth-order valence-corrected chi connectivity index (χ4v) is 1.84. The Morgan fingerprint density at radius 3 is 2.81 bits per heavy atom. The number of nitrogens with zero attached hydrogens (tertiary/aromatic N) is 1. The van der Waals surface area contributed by atoms with Crippen molar-refractivity contribution in [2.24, 2.45) is 0 Å². The van der Waals surface area contributed by atoms with Gasteiger partial charge in [0.2, 0.25) is 0 Å². The van der Waals surface area contributed by atoms with E-state index in [1.54, 1.807) is 30.5 Å². The third kappa shape index (κ3) is 2.39. The van der Waals surface area contributed by atoms with Crippen LogP contribution in [-0.4, -0.2) is 4.57 Å². The zero-order chi connectivity index (χ0) is 11.5. The maximum absolute atomic E-state index is 13.0. The number of hydrogen-bond acceptors (Lipinski definition) is 1. The molecule has 0 aliphatic heterocycles. The third-order valence-electron chi connectivity index (χ3n) is 2.22. The zero-order valence-electron chi connectivity index (χ0n) is 8.36. The second kappa shape index (κ2) is 4.61. The summed E-state index contributed by atoms with van der Waals surface area (Å²) in [5.41, 5.74) is 0.645. The van der Waals surface area contributed by atoms with E-state index in [0.717, 1.165) is 5.56 Å². The highest BCUT2D eigenvalue weighted by atomic mass is 79.9. The maximum Gasteiger partial charge on any atom is 0.265 e. The van der Waals surface area contributed by atoms with Gasteiger partial charge < -0.3 is 4.57 Å². The predicted molar refractivity (Wildman–Crippen MR) is 63.9 cm³/mol. The molecule has 0 unspecified atom stereocenters. The highest BCUT2D eigenvalue weighted by Gasteiger charge is 2.01. The van der Waals surface area contributed by atoms with Gasteiger partial charge in [0.15, 0.2) is 0 Å². The fourth-order valence-electron chi connectivity index (χ4n) is 1.46. The summed E-state index contributed by atoms with van der Waals surface area (Å²) in [6.45, 7) is 0.371. The average Bonchev–Trinajstić information content (AvgIpc) is 2.25. The Balaban J connectivity index is 2.34. The largest absolute Gasteiger partial charge is 0.310 e. The van der Waals surface area contributed by atoms with Crippen molar-refractivity contribution in [3.63, 3.8) is 0 Å². The Morgan fingerprint density at radius 1 is 1.25 bits per heavy atom. The fraction of sp³-hybridized carbons (Fsp3) is 0.0833. The second-order valence-electron chi connectivity index (χ2n) is 3.42. The Hall–Kier alpha value is -1.42. The molecule has 0 atom stereocenters. The van der Waals surface area contributed by atoms with Crippen LogP contribution < -0.4 is 5.56 Å². The molecule has 1 aromatic heterocycles. The molecular weight excluding hydrogens is 273 g/mol. The van der Waals surface area contributed by atoms with Gasteiger partial charge in [-0.1, -0.05) is 12.1 Å². The number of halogens is 2. The Kier molecular flexibility index (Phi) is 3.19. The van der Waals surface area contributed by atoms with Crippen LogP contribution in [0, 0.1) is 5.82 Å². The minimum absolute atomic E-state index is 0.119. The zero-order valence-corrected chi connectivity index (χ0v) is 9.95. The molecule has 82 valence electrons. The maximum atomic E-state index is 13.0. The van der Waals surface area contributed by atoms with Crippen molar-refractivity contribution < 1.29 is 4.39 Å². The van der Waals surface area contributed by atoms with E-state index in [4.69, 9.17) is 0 Å². The minimum Gasteiger partial charge on any atom is -0.310 e. The van der Waals surface area contributed by atoms with Gasteiger partial charge in [-0.15, -0.1) is 0 Å². The molecule has 0 aliphatic rings. The van der Waals surface area contributed by atoms with Crippen LogP contribution in [0.2, 0.25) is 0 Å². The molecule has 0 saturated carbocycles. The van der Waals surface area contributed by atoms with Gasteiger partial charge in [-0.2, -0.15) is 0 Å². The summed E-state index contributed by atoms with van der Waals surface area (Å²) in [6.07, 6.45) is 1.68. The molecule has 0 fully saturated rings. The highest BCUT2D eigenvalue weighted by molar-refractivity contribution is 9.10. The van der Waals surface area contributed by atoms with E-state index in [9.17, 15) is 9.18 Å². The molecule has 2 nitrogen and oxygen atoms in total. The van der Waals surface area contributed by atoms with Crippen LogP contribution in [-0.2, 0) is 6.54 Å². The topological polar surface area (TPSA) is 22.0 Å². The lowest BCUT2D eigenvalue weighted by Crippen LogP contribution is -2.20. The molecule has 4 heteroatoms. The van der Waals surface area contributed by atoms with Gasteiger partial charge in [0.1, 0.15) is 5.82 Å². The molecule has 0 saturated heterocycles. The number of rotatable bonds is 2. The summed E-state index contributed by atoms with van der Waals surface area (Å²) >= 11 is 3.17. The van der Waals surface area contributed by atoms with Gasteiger partial charge in [0, 0.05) is 6.20 Å². The molecule has 1 heterocycles. The lowest BCUT2D eigenvalue weighted by Gasteiger charge is -2.05. The van der Waals surface area contributed by atoms with Gasteiger partial charge in [-0.05, 0) is 45.8 Å². The van der Waals surface area contributed by atoms with E-state index < -0.39 is 0 Å². The number of aromatic nitrogens is 1. The first-order valence-electron chi connectivity index (χ1n) is 4.76. The average molecular weight is 282 g/mol. The molecule has 16 heavy (non-hydrogen) atoms. The molecule has 0 bridgehead atoms. The smallest absolute Gasteiger partial charge is 0.265 e. The van der Waals surface area contributed by atoms with Crippen LogP contribution >= 0.6 is 15.9 Å². The van der Waals surface area contributed by atoms with Gasteiger partial charge in [0.05, 0.1) is 11.0 Å². The molecule has 0 N–H and O–H groups in total. The highest BCUT2D eigenvalue weighted by Crippen LogP contribution is 2.06. The summed E-state index contributed by atoms with van der Waals surface area (Å²) in [7, 11) is 0.